The van der Waals surface area contributed by atoms with Crippen LogP contribution in [0.5, 0.6) is 5.75 Å². The summed E-state index contributed by atoms with van der Waals surface area (Å²) in [6.07, 6.45) is 0. The predicted octanol–water partition coefficient (Wildman–Crippen LogP) is 4.04. The van der Waals surface area contributed by atoms with Gasteiger partial charge < -0.3 is 15.0 Å². The molecule has 0 amide bonds. The zero-order valence-corrected chi connectivity index (χ0v) is 19.1. The van der Waals surface area contributed by atoms with Gasteiger partial charge in [0.25, 0.3) is 10.0 Å². The summed E-state index contributed by atoms with van der Waals surface area (Å²) in [5.74, 6) is -2.67. The zero-order chi connectivity index (χ0) is 23.5. The topological polar surface area (TPSA) is 83.6 Å². The van der Waals surface area contributed by atoms with Gasteiger partial charge in [-0.25, -0.2) is 26.6 Å². The summed E-state index contributed by atoms with van der Waals surface area (Å²) in [5.41, 5.74) is 2.17. The van der Waals surface area contributed by atoms with Crippen LogP contribution < -0.4 is 14.8 Å². The van der Waals surface area contributed by atoms with Crippen LogP contribution in [0.4, 0.5) is 24.7 Å². The molecule has 2 aromatic carbocycles. The van der Waals surface area contributed by atoms with E-state index in [1.807, 2.05) is 23.7 Å². The van der Waals surface area contributed by atoms with Crippen molar-refractivity contribution >= 4 is 32.9 Å². The Kier molecular flexibility index (Phi) is 7.26. The molecule has 0 aliphatic carbocycles. The molecule has 0 aliphatic heterocycles. The van der Waals surface area contributed by atoms with E-state index in [4.69, 9.17) is 4.74 Å². The van der Waals surface area contributed by atoms with E-state index in [9.17, 15) is 21.6 Å². The van der Waals surface area contributed by atoms with E-state index in [0.717, 1.165) is 23.5 Å². The Bertz CT molecular complexity index is 1180. The van der Waals surface area contributed by atoms with Crippen molar-refractivity contribution in [2.75, 3.05) is 31.2 Å². The van der Waals surface area contributed by atoms with Crippen LogP contribution in [0.3, 0.4) is 0 Å². The van der Waals surface area contributed by atoms with E-state index in [1.54, 1.807) is 0 Å². The monoisotopic (exact) mass is 486 g/mol. The molecule has 1 aromatic heterocycles. The minimum absolute atomic E-state index is 0.0436. The molecule has 0 unspecified atom stereocenters. The molecule has 0 atom stereocenters. The van der Waals surface area contributed by atoms with E-state index >= 15 is 0 Å². The van der Waals surface area contributed by atoms with Crippen molar-refractivity contribution in [2.45, 2.75) is 18.0 Å². The van der Waals surface area contributed by atoms with E-state index in [0.29, 0.717) is 17.9 Å². The molecule has 0 fully saturated rings. The van der Waals surface area contributed by atoms with Gasteiger partial charge in [0, 0.05) is 35.3 Å². The number of hydrogen-bond donors (Lipinski definition) is 2. The van der Waals surface area contributed by atoms with Crippen LogP contribution in [0, 0.1) is 17.5 Å². The smallest absolute Gasteiger partial charge is 0.268 e. The van der Waals surface area contributed by atoms with Crippen molar-refractivity contribution in [2.24, 2.45) is 0 Å². The highest BCUT2D eigenvalue weighted by atomic mass is 32.2. The van der Waals surface area contributed by atoms with Crippen molar-refractivity contribution in [1.29, 1.82) is 0 Å². The molecule has 1 heterocycles. The standard InChI is InChI=1S/C20H21F3N4O3S2/c1-27(2)9-14-13(15(21)4-5-18(14)30-3)8-24-12-6-16(22)20(17(23)7-12)32(28,29)26-19-10-31-11-25-19/h4-7,10-11,24,26H,8-9H2,1-3H3. The van der Waals surface area contributed by atoms with Crippen LogP contribution >= 0.6 is 11.3 Å². The highest BCUT2D eigenvalue weighted by Gasteiger charge is 2.26. The molecular weight excluding hydrogens is 465 g/mol. The van der Waals surface area contributed by atoms with E-state index in [2.05, 4.69) is 10.3 Å². The number of benzene rings is 2. The van der Waals surface area contributed by atoms with Gasteiger partial charge in [0.2, 0.25) is 0 Å². The van der Waals surface area contributed by atoms with Gasteiger partial charge in [-0.2, -0.15) is 0 Å². The molecule has 2 N–H and O–H groups in total. The summed E-state index contributed by atoms with van der Waals surface area (Å²) in [5, 5.41) is 4.14. The van der Waals surface area contributed by atoms with Gasteiger partial charge in [0.05, 0.1) is 12.6 Å². The molecule has 0 aliphatic rings. The van der Waals surface area contributed by atoms with Crippen molar-refractivity contribution in [3.05, 3.63) is 63.7 Å². The van der Waals surface area contributed by atoms with Gasteiger partial charge in [-0.3, -0.25) is 4.72 Å². The van der Waals surface area contributed by atoms with Crippen LogP contribution in [0.15, 0.2) is 40.1 Å². The lowest BCUT2D eigenvalue weighted by molar-refractivity contribution is 0.368. The molecule has 32 heavy (non-hydrogen) atoms. The predicted molar refractivity (Wildman–Crippen MR) is 117 cm³/mol. The Morgan fingerprint density at radius 1 is 1.09 bits per heavy atom. The van der Waals surface area contributed by atoms with Gasteiger partial charge >= 0.3 is 0 Å². The summed E-state index contributed by atoms with van der Waals surface area (Å²) < 4.78 is 75.8. The zero-order valence-electron chi connectivity index (χ0n) is 17.4. The third-order valence-corrected chi connectivity index (χ3v) is 6.42. The fourth-order valence-corrected chi connectivity index (χ4v) is 4.75. The maximum atomic E-state index is 14.6. The summed E-state index contributed by atoms with van der Waals surface area (Å²) in [7, 11) is 0.557. The molecular formula is C20H21F3N4O3S2. The Balaban J connectivity index is 1.88. The first kappa shape index (κ1) is 23.8. The van der Waals surface area contributed by atoms with Crippen molar-refractivity contribution in [3.63, 3.8) is 0 Å². The van der Waals surface area contributed by atoms with Crippen molar-refractivity contribution < 1.29 is 26.3 Å². The number of nitrogens with one attached hydrogen (secondary N) is 2. The van der Waals surface area contributed by atoms with Gasteiger partial charge in [-0.1, -0.05) is 0 Å². The van der Waals surface area contributed by atoms with Crippen LogP contribution in [0.2, 0.25) is 0 Å². The van der Waals surface area contributed by atoms with Crippen LogP contribution in [0.1, 0.15) is 11.1 Å². The number of rotatable bonds is 9. The number of aromatic nitrogens is 1. The normalized spacial score (nSPS) is 11.6. The number of halogens is 3. The first-order valence-electron chi connectivity index (χ1n) is 9.25. The SMILES string of the molecule is COc1ccc(F)c(CNc2cc(F)c(S(=O)(=O)Nc3cscn3)c(F)c2)c1CN(C)C. The van der Waals surface area contributed by atoms with Crippen molar-refractivity contribution in [3.8, 4) is 5.75 Å². The average Bonchev–Trinajstić information content (AvgIpc) is 3.18. The molecule has 12 heteroatoms. The second kappa shape index (κ2) is 9.76. The third-order valence-electron chi connectivity index (χ3n) is 4.43. The Morgan fingerprint density at radius 3 is 2.34 bits per heavy atom. The fraction of sp³-hybridized carbons (Fsp3) is 0.250. The Morgan fingerprint density at radius 2 is 1.78 bits per heavy atom. The lowest BCUT2D eigenvalue weighted by Gasteiger charge is -2.19. The Hall–Kier alpha value is -2.83. The molecule has 0 saturated carbocycles. The number of ether oxygens (including phenoxy) is 1. The van der Waals surface area contributed by atoms with E-state index in [1.165, 1.54) is 30.1 Å². The summed E-state index contributed by atoms with van der Waals surface area (Å²) in [4.78, 5) is 4.44. The van der Waals surface area contributed by atoms with Gasteiger partial charge in [-0.15, -0.1) is 11.3 Å². The molecule has 3 aromatic rings. The highest BCUT2D eigenvalue weighted by molar-refractivity contribution is 7.92. The lowest BCUT2D eigenvalue weighted by Crippen LogP contribution is -2.17. The highest BCUT2D eigenvalue weighted by Crippen LogP contribution is 2.29. The molecule has 0 saturated heterocycles. The maximum absolute atomic E-state index is 14.6. The van der Waals surface area contributed by atoms with E-state index < -0.39 is 32.4 Å². The first-order valence-corrected chi connectivity index (χ1v) is 11.7. The molecule has 172 valence electrons. The maximum Gasteiger partial charge on any atom is 0.268 e. The fourth-order valence-electron chi connectivity index (χ4n) is 3.08. The summed E-state index contributed by atoms with van der Waals surface area (Å²) in [6.45, 7) is 0.272. The van der Waals surface area contributed by atoms with Crippen molar-refractivity contribution in [1.82, 2.24) is 9.88 Å². The largest absolute Gasteiger partial charge is 0.496 e. The van der Waals surface area contributed by atoms with Gasteiger partial charge in [0.15, 0.2) is 10.7 Å². The average molecular weight is 487 g/mol. The quantitative estimate of drug-likeness (QED) is 0.475. The molecule has 0 spiro atoms. The van der Waals surface area contributed by atoms with E-state index in [-0.39, 0.29) is 23.6 Å². The number of hydrogen-bond acceptors (Lipinski definition) is 7. The molecule has 0 radical (unpaired) electrons. The molecule has 3 rings (SSSR count). The molecule has 7 nitrogen and oxygen atoms in total. The van der Waals surface area contributed by atoms with Crippen LogP contribution in [-0.4, -0.2) is 39.5 Å². The van der Waals surface area contributed by atoms with Crippen LogP contribution in [-0.2, 0) is 23.1 Å². The number of anilines is 2. The number of nitrogens with zero attached hydrogens (tertiary/aromatic N) is 2. The second-order valence-electron chi connectivity index (χ2n) is 7.05. The number of thiazole rings is 1. The summed E-state index contributed by atoms with van der Waals surface area (Å²) >= 11 is 1.12. The third kappa shape index (κ3) is 5.31. The van der Waals surface area contributed by atoms with Gasteiger partial charge in [0.1, 0.15) is 23.2 Å². The second-order valence-corrected chi connectivity index (χ2v) is 9.38. The lowest BCUT2D eigenvalue weighted by atomic mass is 10.0. The number of methoxy groups -OCH3 is 1. The molecule has 0 bridgehead atoms. The minimum Gasteiger partial charge on any atom is -0.496 e. The first-order chi connectivity index (χ1) is 15.1. The minimum atomic E-state index is -4.53. The summed E-state index contributed by atoms with van der Waals surface area (Å²) in [6, 6.07) is 4.42. The van der Waals surface area contributed by atoms with Crippen LogP contribution in [0.25, 0.3) is 0 Å². The Labute approximate surface area is 187 Å². The number of sulfonamides is 1. The van der Waals surface area contributed by atoms with Gasteiger partial charge in [-0.05, 0) is 38.4 Å².